The van der Waals surface area contributed by atoms with E-state index in [-0.39, 0.29) is 0 Å². The summed E-state index contributed by atoms with van der Waals surface area (Å²) in [5, 5.41) is 0.773. The average Bonchev–Trinajstić information content (AvgIpc) is 2.82. The molecule has 108 valence electrons. The van der Waals surface area contributed by atoms with Crippen molar-refractivity contribution in [1.82, 2.24) is 9.88 Å². The molecule has 0 saturated carbocycles. The van der Waals surface area contributed by atoms with Crippen molar-refractivity contribution in [3.05, 3.63) is 58.9 Å². The second kappa shape index (κ2) is 5.76. The summed E-state index contributed by atoms with van der Waals surface area (Å²) in [5.41, 5.74) is 9.04. The number of fused-ring (bicyclic) bond motifs is 1. The number of aromatic nitrogens is 1. The van der Waals surface area contributed by atoms with Crippen LogP contribution in [-0.2, 0) is 13.1 Å². The van der Waals surface area contributed by atoms with Crippen LogP contribution in [0.25, 0.3) is 11.1 Å². The van der Waals surface area contributed by atoms with E-state index in [0.29, 0.717) is 18.1 Å². The Hall–Kier alpha value is -2.04. The monoisotopic (exact) mass is 301 g/mol. The number of benzene rings is 2. The Labute approximate surface area is 128 Å². The standard InChI is InChI=1S/C16H16ClN3O/c1-20(9-11-4-2-3-5-13(11)17)10-16-19-14-7-6-12(18)8-15(14)21-16/h2-8H,9-10,18H2,1H3. The van der Waals surface area contributed by atoms with Crippen molar-refractivity contribution in [1.29, 1.82) is 0 Å². The van der Waals surface area contributed by atoms with Crippen LogP contribution in [0.4, 0.5) is 5.69 Å². The van der Waals surface area contributed by atoms with Crippen molar-refractivity contribution in [2.24, 2.45) is 0 Å². The van der Waals surface area contributed by atoms with Crippen LogP contribution in [0.5, 0.6) is 0 Å². The van der Waals surface area contributed by atoms with Gasteiger partial charge in [0.05, 0.1) is 6.54 Å². The highest BCUT2D eigenvalue weighted by molar-refractivity contribution is 6.31. The molecular weight excluding hydrogens is 286 g/mol. The molecule has 0 atom stereocenters. The number of rotatable bonds is 4. The van der Waals surface area contributed by atoms with E-state index in [4.69, 9.17) is 21.8 Å². The Balaban J connectivity index is 1.74. The predicted molar refractivity (Wildman–Crippen MR) is 85.0 cm³/mol. The zero-order chi connectivity index (χ0) is 14.8. The smallest absolute Gasteiger partial charge is 0.209 e. The molecule has 1 aromatic heterocycles. The zero-order valence-corrected chi connectivity index (χ0v) is 12.5. The molecule has 0 saturated heterocycles. The van der Waals surface area contributed by atoms with Crippen molar-refractivity contribution in [3.8, 4) is 0 Å². The summed E-state index contributed by atoms with van der Waals surface area (Å²) in [4.78, 5) is 6.57. The maximum absolute atomic E-state index is 6.17. The fraction of sp³-hybridized carbons (Fsp3) is 0.188. The van der Waals surface area contributed by atoms with E-state index in [1.54, 1.807) is 6.07 Å². The van der Waals surface area contributed by atoms with Crippen LogP contribution in [0.3, 0.4) is 0 Å². The Morgan fingerprint density at radius 1 is 1.19 bits per heavy atom. The Morgan fingerprint density at radius 2 is 2.00 bits per heavy atom. The van der Waals surface area contributed by atoms with Crippen LogP contribution in [-0.4, -0.2) is 16.9 Å². The Kier molecular flexibility index (Phi) is 3.82. The van der Waals surface area contributed by atoms with Gasteiger partial charge in [-0.2, -0.15) is 0 Å². The van der Waals surface area contributed by atoms with E-state index in [1.807, 2.05) is 43.4 Å². The number of hydrogen-bond donors (Lipinski definition) is 1. The van der Waals surface area contributed by atoms with Crippen LogP contribution in [0.15, 0.2) is 46.9 Å². The molecule has 0 spiro atoms. The maximum Gasteiger partial charge on any atom is 0.209 e. The minimum Gasteiger partial charge on any atom is -0.439 e. The number of oxazole rings is 1. The normalized spacial score (nSPS) is 11.4. The summed E-state index contributed by atoms with van der Waals surface area (Å²) in [7, 11) is 2.01. The van der Waals surface area contributed by atoms with Crippen LogP contribution in [0.1, 0.15) is 11.5 Å². The highest BCUT2D eigenvalue weighted by Crippen LogP contribution is 2.21. The third kappa shape index (κ3) is 3.17. The van der Waals surface area contributed by atoms with E-state index in [0.717, 1.165) is 28.2 Å². The molecule has 0 bridgehead atoms. The summed E-state index contributed by atoms with van der Waals surface area (Å²) in [6.07, 6.45) is 0. The minimum absolute atomic E-state index is 0.611. The molecular formula is C16H16ClN3O. The molecule has 0 amide bonds. The van der Waals surface area contributed by atoms with Crippen LogP contribution in [0, 0.1) is 0 Å². The highest BCUT2D eigenvalue weighted by Gasteiger charge is 2.10. The van der Waals surface area contributed by atoms with E-state index in [2.05, 4.69) is 9.88 Å². The largest absolute Gasteiger partial charge is 0.439 e. The molecule has 1 heterocycles. The van der Waals surface area contributed by atoms with Gasteiger partial charge in [0, 0.05) is 23.3 Å². The molecule has 0 aliphatic heterocycles. The number of hydrogen-bond acceptors (Lipinski definition) is 4. The average molecular weight is 302 g/mol. The van der Waals surface area contributed by atoms with Gasteiger partial charge in [-0.25, -0.2) is 4.98 Å². The quantitative estimate of drug-likeness (QED) is 0.747. The molecule has 2 aromatic carbocycles. The second-order valence-corrected chi connectivity index (χ2v) is 5.51. The first-order valence-electron chi connectivity index (χ1n) is 6.69. The molecule has 3 aromatic rings. The first-order chi connectivity index (χ1) is 10.1. The van der Waals surface area contributed by atoms with Gasteiger partial charge < -0.3 is 10.2 Å². The van der Waals surface area contributed by atoms with E-state index in [9.17, 15) is 0 Å². The van der Waals surface area contributed by atoms with Crippen LogP contribution in [0.2, 0.25) is 5.02 Å². The molecule has 4 nitrogen and oxygen atoms in total. The lowest BCUT2D eigenvalue weighted by Crippen LogP contribution is -2.17. The summed E-state index contributed by atoms with van der Waals surface area (Å²) < 4.78 is 5.72. The minimum atomic E-state index is 0.611. The number of anilines is 1. The van der Waals surface area contributed by atoms with E-state index >= 15 is 0 Å². The van der Waals surface area contributed by atoms with Gasteiger partial charge in [0.25, 0.3) is 0 Å². The number of halogens is 1. The molecule has 0 unspecified atom stereocenters. The van der Waals surface area contributed by atoms with Gasteiger partial charge in [-0.1, -0.05) is 29.8 Å². The SMILES string of the molecule is CN(Cc1nc2ccc(N)cc2o1)Cc1ccccc1Cl. The lowest BCUT2D eigenvalue weighted by atomic mass is 10.2. The maximum atomic E-state index is 6.17. The van der Waals surface area contributed by atoms with E-state index < -0.39 is 0 Å². The molecule has 5 heteroatoms. The number of nitrogen functional groups attached to an aromatic ring is 1. The second-order valence-electron chi connectivity index (χ2n) is 5.10. The van der Waals surface area contributed by atoms with Gasteiger partial charge in [0.15, 0.2) is 5.58 Å². The van der Waals surface area contributed by atoms with Gasteiger partial charge in [-0.15, -0.1) is 0 Å². The van der Waals surface area contributed by atoms with Gasteiger partial charge >= 0.3 is 0 Å². The third-order valence-electron chi connectivity index (χ3n) is 3.26. The predicted octanol–water partition coefficient (Wildman–Crippen LogP) is 3.70. The molecule has 0 radical (unpaired) electrons. The van der Waals surface area contributed by atoms with Gasteiger partial charge in [-0.05, 0) is 30.8 Å². The van der Waals surface area contributed by atoms with Crippen molar-refractivity contribution in [3.63, 3.8) is 0 Å². The number of nitrogens with two attached hydrogens (primary N) is 1. The highest BCUT2D eigenvalue weighted by atomic mass is 35.5. The van der Waals surface area contributed by atoms with E-state index in [1.165, 1.54) is 0 Å². The summed E-state index contributed by atoms with van der Waals surface area (Å²) >= 11 is 6.17. The number of nitrogens with zero attached hydrogens (tertiary/aromatic N) is 2. The lowest BCUT2D eigenvalue weighted by Gasteiger charge is -2.15. The van der Waals surface area contributed by atoms with Gasteiger partial charge in [0.1, 0.15) is 5.52 Å². The van der Waals surface area contributed by atoms with Crippen LogP contribution < -0.4 is 5.73 Å². The van der Waals surface area contributed by atoms with Gasteiger partial charge in [-0.3, -0.25) is 4.90 Å². The summed E-state index contributed by atoms with van der Waals surface area (Å²) in [6.45, 7) is 1.35. The third-order valence-corrected chi connectivity index (χ3v) is 3.63. The fourth-order valence-electron chi connectivity index (χ4n) is 2.26. The first kappa shape index (κ1) is 13.9. The summed E-state index contributed by atoms with van der Waals surface area (Å²) in [6, 6.07) is 13.3. The lowest BCUT2D eigenvalue weighted by molar-refractivity contribution is 0.285. The van der Waals surface area contributed by atoms with Crippen LogP contribution >= 0.6 is 11.6 Å². The topological polar surface area (TPSA) is 55.3 Å². The first-order valence-corrected chi connectivity index (χ1v) is 7.06. The molecule has 0 aliphatic carbocycles. The Morgan fingerprint density at radius 3 is 2.81 bits per heavy atom. The molecule has 2 N–H and O–H groups in total. The van der Waals surface area contributed by atoms with Crippen molar-refractivity contribution in [2.75, 3.05) is 12.8 Å². The molecule has 21 heavy (non-hydrogen) atoms. The van der Waals surface area contributed by atoms with Gasteiger partial charge in [0.2, 0.25) is 5.89 Å². The van der Waals surface area contributed by atoms with Crippen molar-refractivity contribution >= 4 is 28.4 Å². The molecule has 0 fully saturated rings. The Bertz CT molecular complexity index is 769. The van der Waals surface area contributed by atoms with Crippen molar-refractivity contribution in [2.45, 2.75) is 13.1 Å². The fourth-order valence-corrected chi connectivity index (χ4v) is 2.46. The molecule has 3 rings (SSSR count). The molecule has 0 aliphatic rings. The summed E-state index contributed by atoms with van der Waals surface area (Å²) in [5.74, 6) is 0.671. The zero-order valence-electron chi connectivity index (χ0n) is 11.7. The van der Waals surface area contributed by atoms with Crippen molar-refractivity contribution < 1.29 is 4.42 Å².